The fraction of sp³-hybridized carbons (Fsp3) is 0.857. The number of carbonyl (C=O) groups is 1. The first-order valence-electron chi connectivity index (χ1n) is 3.16. The molecule has 0 radical (unpaired) electrons. The topological polar surface area (TPSA) is 43.4 Å². The summed E-state index contributed by atoms with van der Waals surface area (Å²) in [6, 6.07) is 0. The Balaban J connectivity index is 0. The van der Waals surface area contributed by atoms with Crippen LogP contribution in [0.4, 0.5) is 0 Å². The van der Waals surface area contributed by atoms with Crippen molar-refractivity contribution in [1.82, 2.24) is 0 Å². The van der Waals surface area contributed by atoms with Gasteiger partial charge in [0.15, 0.2) is 0 Å². The summed E-state index contributed by atoms with van der Waals surface area (Å²) >= 11 is 0. The number of ether oxygens (including phenoxy) is 1. The van der Waals surface area contributed by atoms with E-state index in [2.05, 4.69) is 4.74 Å². The van der Waals surface area contributed by atoms with E-state index >= 15 is 0 Å². The maximum atomic E-state index is 9.60. The quantitative estimate of drug-likeness (QED) is 0.564. The monoisotopic (exact) mass is 180 g/mol. The molecule has 0 aliphatic rings. The zero-order valence-corrected chi connectivity index (χ0v) is 8.53. The molecule has 0 rings (SSSR count). The molecule has 0 N–H and O–H groups in total. The third-order valence-electron chi connectivity index (χ3n) is 0.402. The van der Waals surface area contributed by atoms with Gasteiger partial charge < -0.3 is 4.74 Å². The van der Waals surface area contributed by atoms with Crippen LogP contribution >= 0.6 is 0 Å². The second-order valence-electron chi connectivity index (χ2n) is 3.07. The SMILES string of the molecule is CC(C)(C)OC=O.CS(C)=O. The molecule has 0 fully saturated rings. The molecule has 0 aliphatic carbocycles. The Morgan fingerprint density at radius 3 is 1.55 bits per heavy atom. The summed E-state index contributed by atoms with van der Waals surface area (Å²) in [5.41, 5.74) is -0.318. The van der Waals surface area contributed by atoms with Gasteiger partial charge in [-0.25, -0.2) is 0 Å². The Kier molecular flexibility index (Phi) is 7.62. The summed E-state index contributed by atoms with van der Waals surface area (Å²) in [6.45, 7) is 5.92. The standard InChI is InChI=1S/C5H10O2.C2H6OS/c1-5(2,3)7-4-6;1-4(2)3/h4H,1-3H3;1-2H3. The number of hydrogen-bond donors (Lipinski definition) is 0. The molecule has 0 aromatic rings. The molecule has 0 heterocycles. The van der Waals surface area contributed by atoms with Crippen LogP contribution in [0.3, 0.4) is 0 Å². The fourth-order valence-electron chi connectivity index (χ4n) is 0.144. The normalized spacial score (nSPS) is 10.0. The van der Waals surface area contributed by atoms with Crippen LogP contribution in [0.2, 0.25) is 0 Å². The minimum atomic E-state index is -0.611. The highest BCUT2D eigenvalue weighted by Gasteiger charge is 2.07. The van der Waals surface area contributed by atoms with E-state index in [-0.39, 0.29) is 5.60 Å². The molecule has 0 bridgehead atoms. The van der Waals surface area contributed by atoms with Gasteiger partial charge in [-0.3, -0.25) is 9.00 Å². The largest absolute Gasteiger partial charge is 0.462 e. The maximum Gasteiger partial charge on any atom is 0.293 e. The van der Waals surface area contributed by atoms with Crippen molar-refractivity contribution in [1.29, 1.82) is 0 Å². The zero-order valence-electron chi connectivity index (χ0n) is 7.71. The van der Waals surface area contributed by atoms with Gasteiger partial charge in [-0.05, 0) is 20.8 Å². The van der Waals surface area contributed by atoms with Crippen molar-refractivity contribution in [2.75, 3.05) is 12.5 Å². The van der Waals surface area contributed by atoms with Crippen molar-refractivity contribution in [2.24, 2.45) is 0 Å². The van der Waals surface area contributed by atoms with E-state index in [0.717, 1.165) is 0 Å². The van der Waals surface area contributed by atoms with Crippen molar-refractivity contribution in [3.63, 3.8) is 0 Å². The predicted octanol–water partition coefficient (Wildman–Crippen LogP) is 0.953. The zero-order chi connectivity index (χ0) is 9.49. The van der Waals surface area contributed by atoms with E-state index in [9.17, 15) is 9.00 Å². The minimum absolute atomic E-state index is 0.318. The Bertz CT molecular complexity index is 122. The average Bonchev–Trinajstić information content (AvgIpc) is 1.58. The summed E-state index contributed by atoms with van der Waals surface area (Å²) in [4.78, 5) is 9.60. The number of carbonyl (C=O) groups excluding carboxylic acids is 1. The van der Waals surface area contributed by atoms with Crippen LogP contribution in [-0.2, 0) is 20.3 Å². The molecule has 0 aromatic heterocycles. The van der Waals surface area contributed by atoms with Crippen LogP contribution in [0.1, 0.15) is 20.8 Å². The van der Waals surface area contributed by atoms with E-state index in [1.54, 1.807) is 12.5 Å². The van der Waals surface area contributed by atoms with Crippen LogP contribution in [0, 0.1) is 0 Å². The first kappa shape index (κ1) is 13.2. The first-order chi connectivity index (χ1) is 4.79. The van der Waals surface area contributed by atoms with Crippen molar-refractivity contribution in [3.8, 4) is 0 Å². The molecular weight excluding hydrogens is 164 g/mol. The van der Waals surface area contributed by atoms with Gasteiger partial charge in [-0.1, -0.05) is 0 Å². The smallest absolute Gasteiger partial charge is 0.293 e. The van der Waals surface area contributed by atoms with Gasteiger partial charge in [0.1, 0.15) is 5.60 Å². The van der Waals surface area contributed by atoms with Gasteiger partial charge in [0.05, 0.1) is 0 Å². The summed E-state index contributed by atoms with van der Waals surface area (Å²) in [5.74, 6) is 0. The molecule has 0 saturated carbocycles. The Morgan fingerprint density at radius 2 is 1.55 bits per heavy atom. The first-order valence-corrected chi connectivity index (χ1v) is 5.13. The Morgan fingerprint density at radius 1 is 1.27 bits per heavy atom. The lowest BCUT2D eigenvalue weighted by atomic mass is 10.2. The summed E-state index contributed by atoms with van der Waals surface area (Å²) in [5, 5.41) is 0. The molecule has 68 valence electrons. The van der Waals surface area contributed by atoms with Crippen molar-refractivity contribution in [2.45, 2.75) is 26.4 Å². The Hall–Kier alpha value is -0.380. The molecular formula is C7H16O3S. The van der Waals surface area contributed by atoms with Gasteiger partial charge in [0.25, 0.3) is 6.47 Å². The third-order valence-corrected chi connectivity index (χ3v) is 0.402. The van der Waals surface area contributed by atoms with Gasteiger partial charge in [-0.15, -0.1) is 0 Å². The van der Waals surface area contributed by atoms with Crippen LogP contribution in [0.15, 0.2) is 0 Å². The second kappa shape index (κ2) is 6.34. The van der Waals surface area contributed by atoms with Crippen LogP contribution in [0.5, 0.6) is 0 Å². The van der Waals surface area contributed by atoms with Gasteiger partial charge in [-0.2, -0.15) is 0 Å². The molecule has 0 saturated heterocycles. The molecule has 0 atom stereocenters. The average molecular weight is 180 g/mol. The van der Waals surface area contributed by atoms with Gasteiger partial charge >= 0.3 is 0 Å². The summed E-state index contributed by atoms with van der Waals surface area (Å²) in [6.07, 6.45) is 3.28. The third kappa shape index (κ3) is 42.6. The highest BCUT2D eigenvalue weighted by atomic mass is 32.2. The minimum Gasteiger partial charge on any atom is -0.462 e. The molecule has 0 spiro atoms. The predicted molar refractivity (Wildman–Crippen MR) is 46.9 cm³/mol. The van der Waals surface area contributed by atoms with Crippen molar-refractivity contribution in [3.05, 3.63) is 0 Å². The van der Waals surface area contributed by atoms with E-state index in [1.165, 1.54) is 0 Å². The lowest BCUT2D eigenvalue weighted by molar-refractivity contribution is -0.138. The van der Waals surface area contributed by atoms with Gasteiger partial charge in [0, 0.05) is 23.3 Å². The molecule has 11 heavy (non-hydrogen) atoms. The van der Waals surface area contributed by atoms with E-state index in [4.69, 9.17) is 0 Å². The summed E-state index contributed by atoms with van der Waals surface area (Å²) in [7, 11) is -0.611. The van der Waals surface area contributed by atoms with Crippen molar-refractivity contribution >= 4 is 17.3 Å². The molecule has 0 aromatic carbocycles. The second-order valence-corrected chi connectivity index (χ2v) is 4.55. The van der Waals surface area contributed by atoms with Crippen LogP contribution < -0.4 is 0 Å². The molecule has 0 amide bonds. The highest BCUT2D eigenvalue weighted by molar-refractivity contribution is 7.83. The van der Waals surface area contributed by atoms with Crippen LogP contribution in [-0.4, -0.2) is 28.8 Å². The molecule has 4 heteroatoms. The van der Waals surface area contributed by atoms with E-state index < -0.39 is 10.8 Å². The number of rotatable bonds is 1. The molecule has 0 unspecified atom stereocenters. The highest BCUT2D eigenvalue weighted by Crippen LogP contribution is 2.02. The lowest BCUT2D eigenvalue weighted by Crippen LogP contribution is -2.17. The molecule has 0 aliphatic heterocycles. The maximum absolute atomic E-state index is 9.60. The number of hydrogen-bond acceptors (Lipinski definition) is 3. The lowest BCUT2D eigenvalue weighted by Gasteiger charge is -2.14. The van der Waals surface area contributed by atoms with Crippen molar-refractivity contribution < 1.29 is 13.7 Å². The molecule has 3 nitrogen and oxygen atoms in total. The summed E-state index contributed by atoms with van der Waals surface area (Å²) < 4.78 is 14.1. The Labute approximate surface area is 70.6 Å². The fourth-order valence-corrected chi connectivity index (χ4v) is 0.144. The van der Waals surface area contributed by atoms with Crippen LogP contribution in [0.25, 0.3) is 0 Å². The van der Waals surface area contributed by atoms with Gasteiger partial charge in [0.2, 0.25) is 0 Å². The van der Waals surface area contributed by atoms with E-state index in [0.29, 0.717) is 6.47 Å². The van der Waals surface area contributed by atoms with E-state index in [1.807, 2.05) is 20.8 Å².